The SMILES string of the molecule is C[C@H](CF)CN1[C@H](c2c(F)cc(C=CC(=O)O)cc2F)c2[nH]c3ccccc3c2CC1(C)C. The molecule has 4 nitrogen and oxygen atoms in total. The van der Waals surface area contributed by atoms with Gasteiger partial charge in [0.25, 0.3) is 0 Å². The molecule has 0 saturated heterocycles. The van der Waals surface area contributed by atoms with Crippen LogP contribution in [0.25, 0.3) is 17.0 Å². The Hall–Kier alpha value is -3.06. The number of fused-ring (bicyclic) bond motifs is 3. The number of carboxylic acids is 1. The highest BCUT2D eigenvalue weighted by Crippen LogP contribution is 2.46. The predicted octanol–water partition coefficient (Wildman–Crippen LogP) is 5.88. The van der Waals surface area contributed by atoms with Crippen molar-refractivity contribution in [2.45, 2.75) is 38.8 Å². The minimum atomic E-state index is -1.21. The van der Waals surface area contributed by atoms with Crippen molar-refractivity contribution >= 4 is 22.9 Å². The standard InChI is InChI=1S/C26H27F3N2O2/c1-15(13-27)14-31-25(23-19(28)10-16(11-20(23)29)8-9-22(32)33)24-18(12-26(31,2)3)17-6-4-5-7-21(17)30-24/h4-11,15,25,30H,12-14H2,1-3H3,(H,32,33)/t15-,25-/m1/s1. The fourth-order valence-electron chi connectivity index (χ4n) is 4.85. The van der Waals surface area contributed by atoms with E-state index in [9.17, 15) is 9.18 Å². The molecule has 0 amide bonds. The Morgan fingerprint density at radius 2 is 1.94 bits per heavy atom. The van der Waals surface area contributed by atoms with Crippen molar-refractivity contribution in [3.63, 3.8) is 0 Å². The molecule has 0 unspecified atom stereocenters. The average molecular weight is 457 g/mol. The fraction of sp³-hybridized carbons (Fsp3) is 0.346. The van der Waals surface area contributed by atoms with Crippen molar-refractivity contribution in [3.05, 3.63) is 76.5 Å². The minimum absolute atomic E-state index is 0.117. The number of carboxylic acid groups (broad SMARTS) is 1. The fourth-order valence-corrected chi connectivity index (χ4v) is 4.85. The predicted molar refractivity (Wildman–Crippen MR) is 123 cm³/mol. The van der Waals surface area contributed by atoms with E-state index in [1.54, 1.807) is 6.92 Å². The topological polar surface area (TPSA) is 56.3 Å². The largest absolute Gasteiger partial charge is 0.478 e. The van der Waals surface area contributed by atoms with Gasteiger partial charge in [-0.05, 0) is 61.6 Å². The second-order valence-corrected chi connectivity index (χ2v) is 9.44. The zero-order valence-corrected chi connectivity index (χ0v) is 18.8. The smallest absolute Gasteiger partial charge is 0.328 e. The van der Waals surface area contributed by atoms with E-state index in [2.05, 4.69) is 4.98 Å². The molecular weight excluding hydrogens is 429 g/mol. The summed E-state index contributed by atoms with van der Waals surface area (Å²) in [4.78, 5) is 16.2. The van der Waals surface area contributed by atoms with Gasteiger partial charge in [0.1, 0.15) is 11.6 Å². The van der Waals surface area contributed by atoms with Gasteiger partial charge >= 0.3 is 5.97 Å². The zero-order chi connectivity index (χ0) is 23.9. The van der Waals surface area contributed by atoms with Crippen LogP contribution in [0.5, 0.6) is 0 Å². The van der Waals surface area contributed by atoms with Gasteiger partial charge in [-0.3, -0.25) is 9.29 Å². The van der Waals surface area contributed by atoms with Crippen LogP contribution in [-0.4, -0.2) is 39.7 Å². The van der Waals surface area contributed by atoms with Gasteiger partial charge in [-0.25, -0.2) is 13.6 Å². The molecule has 0 aliphatic carbocycles. The summed E-state index contributed by atoms with van der Waals surface area (Å²) >= 11 is 0. The second kappa shape index (κ2) is 8.71. The zero-order valence-electron chi connectivity index (χ0n) is 18.8. The maximum Gasteiger partial charge on any atom is 0.328 e. The van der Waals surface area contributed by atoms with Crippen molar-refractivity contribution in [2.24, 2.45) is 5.92 Å². The number of nitrogens with one attached hydrogen (secondary N) is 1. The first-order valence-electron chi connectivity index (χ1n) is 10.9. The number of hydrogen-bond acceptors (Lipinski definition) is 2. The molecule has 1 aromatic heterocycles. The van der Waals surface area contributed by atoms with E-state index in [4.69, 9.17) is 5.11 Å². The maximum atomic E-state index is 15.5. The van der Waals surface area contributed by atoms with E-state index in [0.29, 0.717) is 18.7 Å². The van der Waals surface area contributed by atoms with Crippen molar-refractivity contribution in [3.8, 4) is 0 Å². The van der Waals surface area contributed by atoms with E-state index in [1.165, 1.54) is 0 Å². The normalized spacial score (nSPS) is 19.2. The number of nitrogens with zero attached hydrogens (tertiary/aromatic N) is 1. The Balaban J connectivity index is 1.94. The van der Waals surface area contributed by atoms with E-state index < -0.39 is 35.9 Å². The summed E-state index contributed by atoms with van der Waals surface area (Å²) in [6.07, 6.45) is 2.63. The quantitative estimate of drug-likeness (QED) is 0.456. The number of aromatic amines is 1. The monoisotopic (exact) mass is 456 g/mol. The lowest BCUT2D eigenvalue weighted by Gasteiger charge is -2.48. The molecule has 3 aromatic rings. The summed E-state index contributed by atoms with van der Waals surface area (Å²) in [6, 6.07) is 9.24. The molecule has 0 fully saturated rings. The molecule has 4 rings (SSSR count). The van der Waals surface area contributed by atoms with Gasteiger partial charge in [0.05, 0.1) is 12.7 Å². The number of aromatic nitrogens is 1. The third-order valence-corrected chi connectivity index (χ3v) is 6.38. The summed E-state index contributed by atoms with van der Waals surface area (Å²) in [5, 5.41) is 9.84. The summed E-state index contributed by atoms with van der Waals surface area (Å²) in [7, 11) is 0. The minimum Gasteiger partial charge on any atom is -0.478 e. The lowest BCUT2D eigenvalue weighted by Crippen LogP contribution is -2.53. The van der Waals surface area contributed by atoms with Gasteiger partial charge < -0.3 is 10.1 Å². The van der Waals surface area contributed by atoms with Crippen LogP contribution in [0.3, 0.4) is 0 Å². The Morgan fingerprint density at radius 1 is 1.27 bits per heavy atom. The van der Waals surface area contributed by atoms with Crippen molar-refractivity contribution in [1.29, 1.82) is 0 Å². The van der Waals surface area contributed by atoms with Gasteiger partial charge in [-0.15, -0.1) is 0 Å². The van der Waals surface area contributed by atoms with Gasteiger partial charge in [0.2, 0.25) is 0 Å². The molecule has 2 atom stereocenters. The summed E-state index contributed by atoms with van der Waals surface area (Å²) in [5.74, 6) is -3.07. The molecule has 1 aliphatic heterocycles. The molecule has 0 radical (unpaired) electrons. The first-order valence-corrected chi connectivity index (χ1v) is 10.9. The highest BCUT2D eigenvalue weighted by molar-refractivity contribution is 5.86. The summed E-state index contributed by atoms with van der Waals surface area (Å²) in [5.41, 5.74) is 2.07. The van der Waals surface area contributed by atoms with Gasteiger partial charge in [0.15, 0.2) is 0 Å². The third kappa shape index (κ3) is 4.29. The summed E-state index contributed by atoms with van der Waals surface area (Å²) < 4.78 is 44.5. The van der Waals surface area contributed by atoms with Crippen molar-refractivity contribution in [2.75, 3.05) is 13.2 Å². The van der Waals surface area contributed by atoms with Crippen LogP contribution >= 0.6 is 0 Å². The number of aliphatic carboxylic acids is 1. The van der Waals surface area contributed by atoms with E-state index >= 15 is 8.78 Å². The molecule has 2 aromatic carbocycles. The molecule has 174 valence electrons. The lowest BCUT2D eigenvalue weighted by atomic mass is 9.80. The number of halogens is 3. The highest BCUT2D eigenvalue weighted by atomic mass is 19.1. The first-order chi connectivity index (χ1) is 15.6. The van der Waals surface area contributed by atoms with Gasteiger partial charge in [-0.2, -0.15) is 0 Å². The third-order valence-electron chi connectivity index (χ3n) is 6.38. The first kappa shape index (κ1) is 23.1. The van der Waals surface area contributed by atoms with E-state index in [1.807, 2.05) is 43.0 Å². The Morgan fingerprint density at radius 3 is 2.58 bits per heavy atom. The summed E-state index contributed by atoms with van der Waals surface area (Å²) in [6.45, 7) is 5.58. The Labute approximate surface area is 190 Å². The Bertz CT molecular complexity index is 1210. The van der Waals surface area contributed by atoms with E-state index in [-0.39, 0.29) is 17.0 Å². The molecular formula is C26H27F3N2O2. The Kier molecular flexibility index (Phi) is 6.10. The van der Waals surface area contributed by atoms with Crippen LogP contribution in [0, 0.1) is 17.6 Å². The molecule has 7 heteroatoms. The molecule has 2 heterocycles. The molecule has 0 spiro atoms. The molecule has 0 saturated carbocycles. The molecule has 0 bridgehead atoms. The van der Waals surface area contributed by atoms with Gasteiger partial charge in [0, 0.05) is 40.3 Å². The lowest BCUT2D eigenvalue weighted by molar-refractivity contribution is -0.131. The van der Waals surface area contributed by atoms with Crippen molar-refractivity contribution in [1.82, 2.24) is 9.88 Å². The number of rotatable bonds is 6. The van der Waals surface area contributed by atoms with Crippen LogP contribution in [-0.2, 0) is 11.2 Å². The molecule has 2 N–H and O–H groups in total. The van der Waals surface area contributed by atoms with Crippen LogP contribution in [0.1, 0.15) is 49.2 Å². The maximum absolute atomic E-state index is 15.5. The number of hydrogen-bond donors (Lipinski definition) is 2. The molecule has 33 heavy (non-hydrogen) atoms. The number of benzene rings is 2. The number of carbonyl (C=O) groups is 1. The van der Waals surface area contributed by atoms with E-state index in [0.717, 1.165) is 40.8 Å². The van der Waals surface area contributed by atoms with Crippen LogP contribution in [0.2, 0.25) is 0 Å². The van der Waals surface area contributed by atoms with Crippen LogP contribution in [0.4, 0.5) is 13.2 Å². The average Bonchev–Trinajstić information content (AvgIpc) is 3.11. The van der Waals surface area contributed by atoms with Crippen LogP contribution < -0.4 is 0 Å². The number of para-hydroxylation sites is 1. The van der Waals surface area contributed by atoms with Crippen LogP contribution in [0.15, 0.2) is 42.5 Å². The number of alkyl halides is 1. The molecule has 1 aliphatic rings. The van der Waals surface area contributed by atoms with Crippen molar-refractivity contribution < 1.29 is 23.1 Å². The van der Waals surface area contributed by atoms with Gasteiger partial charge in [-0.1, -0.05) is 25.1 Å². The number of H-pyrrole nitrogens is 1. The highest BCUT2D eigenvalue weighted by Gasteiger charge is 2.44. The second-order valence-electron chi connectivity index (χ2n) is 9.44.